The Balaban J connectivity index is 3.05. The van der Waals surface area contributed by atoms with Gasteiger partial charge in [0.1, 0.15) is 0 Å². The molecule has 20 heavy (non-hydrogen) atoms. The van der Waals surface area contributed by atoms with E-state index in [1.54, 1.807) is 13.8 Å². The van der Waals surface area contributed by atoms with E-state index in [1.807, 2.05) is 0 Å². The van der Waals surface area contributed by atoms with E-state index >= 15 is 0 Å². The molecule has 0 aromatic heterocycles. The number of amides is 1. The molecule has 0 radical (unpaired) electrons. The van der Waals surface area contributed by atoms with Crippen molar-refractivity contribution in [1.29, 1.82) is 0 Å². The van der Waals surface area contributed by atoms with E-state index in [4.69, 9.17) is 5.73 Å². The van der Waals surface area contributed by atoms with Gasteiger partial charge in [-0.2, -0.15) is 13.2 Å². The van der Waals surface area contributed by atoms with Crippen molar-refractivity contribution in [2.75, 3.05) is 0 Å². The zero-order valence-corrected chi connectivity index (χ0v) is 11.0. The van der Waals surface area contributed by atoms with Crippen LogP contribution in [-0.4, -0.2) is 12.1 Å². The molecule has 1 aromatic carbocycles. The fraction of sp³-hybridized carbons (Fsp3) is 0.231. The molecular formula is C13H14F3N3O. The third-order valence-corrected chi connectivity index (χ3v) is 2.45. The predicted molar refractivity (Wildman–Crippen MR) is 70.3 cm³/mol. The number of allylic oxidation sites excluding steroid dienone is 2. The van der Waals surface area contributed by atoms with Crippen molar-refractivity contribution in [3.05, 3.63) is 41.2 Å². The van der Waals surface area contributed by atoms with Crippen molar-refractivity contribution in [2.45, 2.75) is 20.0 Å². The number of nitrogens with two attached hydrogens (primary N) is 1. The Labute approximate surface area is 114 Å². The summed E-state index contributed by atoms with van der Waals surface area (Å²) in [5, 5.41) is 2.40. The number of carbonyl (C=O) groups excluding carboxylic acids is 1. The van der Waals surface area contributed by atoms with Gasteiger partial charge < -0.3 is 11.1 Å². The Morgan fingerprint density at radius 1 is 1.25 bits per heavy atom. The minimum Gasteiger partial charge on any atom is -0.401 e. The highest BCUT2D eigenvalue weighted by Gasteiger charge is 2.29. The second-order valence-electron chi connectivity index (χ2n) is 4.06. The van der Waals surface area contributed by atoms with Crippen LogP contribution in [0.25, 0.3) is 0 Å². The van der Waals surface area contributed by atoms with Crippen LogP contribution in [-0.2, 0) is 11.0 Å². The molecule has 0 aliphatic heterocycles. The van der Waals surface area contributed by atoms with Crippen molar-refractivity contribution >= 4 is 17.8 Å². The third kappa shape index (κ3) is 4.11. The van der Waals surface area contributed by atoms with Gasteiger partial charge >= 0.3 is 6.18 Å². The number of halogens is 3. The number of carbonyl (C=O) groups is 1. The first-order chi connectivity index (χ1) is 9.25. The lowest BCUT2D eigenvalue weighted by Crippen LogP contribution is -2.21. The highest BCUT2D eigenvalue weighted by atomic mass is 19.4. The van der Waals surface area contributed by atoms with Crippen LogP contribution in [0.15, 0.2) is 40.7 Å². The van der Waals surface area contributed by atoms with Crippen molar-refractivity contribution < 1.29 is 18.0 Å². The van der Waals surface area contributed by atoms with Crippen LogP contribution in [0, 0.1) is 0 Å². The van der Waals surface area contributed by atoms with Gasteiger partial charge in [-0.1, -0.05) is 0 Å². The maximum Gasteiger partial charge on any atom is 0.416 e. The van der Waals surface area contributed by atoms with Gasteiger partial charge in [0.15, 0.2) is 0 Å². The van der Waals surface area contributed by atoms with Crippen molar-refractivity contribution in [3.8, 4) is 0 Å². The largest absolute Gasteiger partial charge is 0.416 e. The van der Waals surface area contributed by atoms with Crippen LogP contribution >= 0.6 is 0 Å². The fourth-order valence-electron chi connectivity index (χ4n) is 1.54. The molecular weight excluding hydrogens is 271 g/mol. The van der Waals surface area contributed by atoms with Crippen LogP contribution in [0.5, 0.6) is 0 Å². The van der Waals surface area contributed by atoms with E-state index < -0.39 is 11.7 Å². The molecule has 0 unspecified atom stereocenters. The van der Waals surface area contributed by atoms with Crippen LogP contribution < -0.4 is 11.1 Å². The molecule has 0 heterocycles. The quantitative estimate of drug-likeness (QED) is 0.659. The Morgan fingerprint density at radius 2 is 1.80 bits per heavy atom. The van der Waals surface area contributed by atoms with E-state index in [0.717, 1.165) is 12.1 Å². The maximum atomic E-state index is 12.4. The molecule has 1 rings (SSSR count). The molecule has 3 N–H and O–H groups in total. The van der Waals surface area contributed by atoms with Crippen molar-refractivity contribution in [1.82, 2.24) is 5.32 Å². The first kappa shape index (κ1) is 15.7. The molecule has 1 amide bonds. The van der Waals surface area contributed by atoms with Crippen molar-refractivity contribution in [2.24, 2.45) is 10.7 Å². The van der Waals surface area contributed by atoms with Gasteiger partial charge in [0.2, 0.25) is 6.41 Å². The van der Waals surface area contributed by atoms with Crippen molar-refractivity contribution in [3.63, 3.8) is 0 Å². The number of hydrogen-bond acceptors (Lipinski definition) is 3. The zero-order valence-electron chi connectivity index (χ0n) is 11.0. The summed E-state index contributed by atoms with van der Waals surface area (Å²) in [5.74, 6) is 0. The summed E-state index contributed by atoms with van der Waals surface area (Å²) in [7, 11) is 0. The number of benzene rings is 1. The fourth-order valence-corrected chi connectivity index (χ4v) is 1.54. The molecule has 1 aromatic rings. The van der Waals surface area contributed by atoms with Gasteiger partial charge in [-0.15, -0.1) is 0 Å². The van der Waals surface area contributed by atoms with Gasteiger partial charge in [0.05, 0.1) is 22.7 Å². The number of nitrogens with one attached hydrogen (secondary N) is 1. The molecule has 0 bridgehead atoms. The molecule has 4 nitrogen and oxygen atoms in total. The number of nitrogens with zero attached hydrogens (tertiary/aromatic N) is 1. The smallest absolute Gasteiger partial charge is 0.401 e. The zero-order chi connectivity index (χ0) is 15.3. The van der Waals surface area contributed by atoms with Gasteiger partial charge in [-0.25, -0.2) is 0 Å². The van der Waals surface area contributed by atoms with Crippen LogP contribution in [0.2, 0.25) is 0 Å². The minimum atomic E-state index is -4.38. The van der Waals surface area contributed by atoms with Crippen LogP contribution in [0.3, 0.4) is 0 Å². The molecule has 0 aliphatic carbocycles. The third-order valence-electron chi connectivity index (χ3n) is 2.45. The minimum absolute atomic E-state index is 0.333. The van der Waals surface area contributed by atoms with Gasteiger partial charge in [0, 0.05) is 5.70 Å². The number of rotatable bonds is 4. The van der Waals surface area contributed by atoms with E-state index in [-0.39, 0.29) is 0 Å². The lowest BCUT2D eigenvalue weighted by atomic mass is 10.2. The Morgan fingerprint density at radius 3 is 2.20 bits per heavy atom. The molecule has 0 fully saturated rings. The number of hydrogen-bond donors (Lipinski definition) is 2. The summed E-state index contributed by atoms with van der Waals surface area (Å²) in [5.41, 5.74) is 6.26. The summed E-state index contributed by atoms with van der Waals surface area (Å²) in [6, 6.07) is 4.38. The molecule has 0 spiro atoms. The van der Waals surface area contributed by atoms with E-state index in [0.29, 0.717) is 29.2 Å². The molecule has 0 saturated carbocycles. The summed E-state index contributed by atoms with van der Waals surface area (Å²) in [6.45, 7) is 3.18. The molecule has 7 heteroatoms. The first-order valence-electron chi connectivity index (χ1n) is 5.65. The lowest BCUT2D eigenvalue weighted by Gasteiger charge is -2.09. The van der Waals surface area contributed by atoms with E-state index in [2.05, 4.69) is 10.3 Å². The lowest BCUT2D eigenvalue weighted by molar-refractivity contribution is -0.137. The second kappa shape index (κ2) is 6.23. The average Bonchev–Trinajstić information content (AvgIpc) is 2.34. The Bertz CT molecular complexity index is 541. The normalized spacial score (nSPS) is 13.8. The Hall–Kier alpha value is -2.31. The first-order valence-corrected chi connectivity index (χ1v) is 5.65. The Kier molecular flexibility index (Phi) is 4.90. The molecule has 0 atom stereocenters. The summed E-state index contributed by atoms with van der Waals surface area (Å²) < 4.78 is 37.2. The standard InChI is InChI=1S/C13H14F3N3O/c1-8(17)12(18-7-20)9(2)19-11-5-3-10(4-6-11)13(14,15)16/h3-7H,17H2,1-2H3,(H,18,20). The van der Waals surface area contributed by atoms with Gasteiger partial charge in [-0.05, 0) is 38.1 Å². The second-order valence-corrected chi connectivity index (χ2v) is 4.06. The van der Waals surface area contributed by atoms with Crippen LogP contribution in [0.4, 0.5) is 18.9 Å². The van der Waals surface area contributed by atoms with E-state index in [1.165, 1.54) is 12.1 Å². The monoisotopic (exact) mass is 285 g/mol. The summed E-state index contributed by atoms with van der Waals surface area (Å²) >= 11 is 0. The highest BCUT2D eigenvalue weighted by molar-refractivity contribution is 6.01. The van der Waals surface area contributed by atoms with E-state index in [9.17, 15) is 18.0 Å². The molecule has 0 saturated heterocycles. The van der Waals surface area contributed by atoms with Gasteiger partial charge in [0.25, 0.3) is 0 Å². The molecule has 108 valence electrons. The highest BCUT2D eigenvalue weighted by Crippen LogP contribution is 2.30. The molecule has 0 aliphatic rings. The number of alkyl halides is 3. The summed E-state index contributed by atoms with van der Waals surface area (Å²) in [4.78, 5) is 14.6. The topological polar surface area (TPSA) is 67.5 Å². The number of aliphatic imine (C=N–C) groups is 1. The maximum absolute atomic E-state index is 12.4. The average molecular weight is 285 g/mol. The van der Waals surface area contributed by atoms with Crippen LogP contribution in [0.1, 0.15) is 19.4 Å². The summed E-state index contributed by atoms with van der Waals surface area (Å²) in [6.07, 6.45) is -3.92. The SMILES string of the molecule is CC(=Nc1ccc(C(F)(F)F)cc1)C(NC=O)=C(C)N. The van der Waals surface area contributed by atoms with Gasteiger partial charge in [-0.3, -0.25) is 9.79 Å². The predicted octanol–water partition coefficient (Wildman–Crippen LogP) is 2.73.